The number of unbranched alkanes of at least 4 members (excludes halogenated alkanes) is 23. The molecule has 0 saturated carbocycles. The third kappa shape index (κ3) is 53.3. The van der Waals surface area contributed by atoms with E-state index in [1.807, 2.05) is 12.2 Å². The SMILES string of the molecule is CC/C=C/C/C=C/C/C=C/C/C=C/C/C=C/C/C=C/CCC(=O)OCC(COC(=O)CC/C=C/C/C=C/CCCCCCCC)OC(=O)CCCCCCCCCCCCCCCCCCCC. The van der Waals surface area contributed by atoms with Gasteiger partial charge in [-0.05, 0) is 77.0 Å². The number of ether oxygens (including phenoxy) is 3. The molecule has 0 spiro atoms. The summed E-state index contributed by atoms with van der Waals surface area (Å²) in [6, 6.07) is 0. The molecule has 0 radical (unpaired) electrons. The monoisotopic (exact) mass is 945 g/mol. The molecule has 68 heavy (non-hydrogen) atoms. The first kappa shape index (κ1) is 64.3. The fourth-order valence-electron chi connectivity index (χ4n) is 7.64. The highest BCUT2D eigenvalue weighted by Crippen LogP contribution is 2.15. The minimum absolute atomic E-state index is 0.130. The lowest BCUT2D eigenvalue weighted by Gasteiger charge is -2.18. The largest absolute Gasteiger partial charge is 0.462 e. The van der Waals surface area contributed by atoms with Crippen LogP contribution in [0.25, 0.3) is 0 Å². The Balaban J connectivity index is 4.52. The van der Waals surface area contributed by atoms with Gasteiger partial charge in [0, 0.05) is 19.3 Å². The van der Waals surface area contributed by atoms with E-state index in [9.17, 15) is 14.4 Å². The summed E-state index contributed by atoms with van der Waals surface area (Å²) in [5, 5.41) is 0. The van der Waals surface area contributed by atoms with Gasteiger partial charge in [-0.3, -0.25) is 14.4 Å². The van der Waals surface area contributed by atoms with E-state index in [2.05, 4.69) is 106 Å². The molecule has 0 aliphatic rings. The van der Waals surface area contributed by atoms with Crippen molar-refractivity contribution in [1.82, 2.24) is 0 Å². The zero-order chi connectivity index (χ0) is 49.3. The van der Waals surface area contributed by atoms with Crippen molar-refractivity contribution in [2.24, 2.45) is 0 Å². The molecule has 0 rings (SSSR count). The van der Waals surface area contributed by atoms with Crippen LogP contribution in [-0.2, 0) is 28.6 Å². The molecule has 0 saturated heterocycles. The highest BCUT2D eigenvalue weighted by atomic mass is 16.6. The first-order valence-electron chi connectivity index (χ1n) is 28.2. The number of esters is 3. The maximum atomic E-state index is 12.8. The number of rotatable bonds is 50. The molecule has 0 aromatic carbocycles. The van der Waals surface area contributed by atoms with Crippen LogP contribution >= 0.6 is 0 Å². The molecule has 1 atom stereocenters. The Morgan fingerprint density at radius 3 is 0.956 bits per heavy atom. The van der Waals surface area contributed by atoms with E-state index in [1.165, 1.54) is 135 Å². The van der Waals surface area contributed by atoms with Crippen molar-refractivity contribution in [3.63, 3.8) is 0 Å². The maximum Gasteiger partial charge on any atom is 0.306 e. The second-order valence-electron chi connectivity index (χ2n) is 18.5. The lowest BCUT2D eigenvalue weighted by Crippen LogP contribution is -2.30. The molecule has 6 heteroatoms. The fourth-order valence-corrected chi connectivity index (χ4v) is 7.64. The van der Waals surface area contributed by atoms with E-state index in [-0.39, 0.29) is 44.0 Å². The summed E-state index contributed by atoms with van der Waals surface area (Å²) < 4.78 is 16.7. The predicted molar refractivity (Wildman–Crippen MR) is 293 cm³/mol. The van der Waals surface area contributed by atoms with Crippen LogP contribution < -0.4 is 0 Å². The summed E-state index contributed by atoms with van der Waals surface area (Å²) in [7, 11) is 0. The van der Waals surface area contributed by atoms with Crippen LogP contribution in [0.5, 0.6) is 0 Å². The maximum absolute atomic E-state index is 12.8. The van der Waals surface area contributed by atoms with E-state index in [4.69, 9.17) is 14.2 Å². The normalized spacial score (nSPS) is 12.8. The smallest absolute Gasteiger partial charge is 0.306 e. The Bertz CT molecular complexity index is 1360. The molecule has 0 heterocycles. The lowest BCUT2D eigenvalue weighted by atomic mass is 10.0. The standard InChI is InChI=1S/C62H104O6/c1-4-7-10-13-16-19-22-25-27-29-31-33-34-37-40-43-46-49-52-55-61(64)67-58-59(57-66-60(63)54-51-48-45-42-39-36-24-21-18-15-12-9-6-3)68-62(65)56-53-50-47-44-41-38-35-32-30-28-26-23-20-17-14-11-8-5-2/h7,10,16,19,25,27,31,33,36-37,39-40,45-46,48-49,59H,4-6,8-9,11-15,17-18,20-24,26,28-30,32,34-35,38,41-44,47,50-58H2,1-3H3/b10-7+,19-16+,27-25+,33-31+,39-36+,40-37+,48-45+,49-46+. The number of carbonyl (C=O) groups excluding carboxylic acids is 3. The number of hydrogen-bond acceptors (Lipinski definition) is 6. The minimum Gasteiger partial charge on any atom is -0.462 e. The van der Waals surface area contributed by atoms with E-state index < -0.39 is 6.10 Å². The van der Waals surface area contributed by atoms with Crippen molar-refractivity contribution in [1.29, 1.82) is 0 Å². The van der Waals surface area contributed by atoms with Gasteiger partial charge in [0.2, 0.25) is 0 Å². The Labute approximate surface area is 419 Å². The lowest BCUT2D eigenvalue weighted by molar-refractivity contribution is -0.166. The van der Waals surface area contributed by atoms with Gasteiger partial charge in [0.25, 0.3) is 0 Å². The predicted octanol–water partition coefficient (Wildman–Crippen LogP) is 18.9. The van der Waals surface area contributed by atoms with Crippen LogP contribution in [0.3, 0.4) is 0 Å². The molecule has 0 N–H and O–H groups in total. The molecular weight excluding hydrogens is 841 g/mol. The van der Waals surface area contributed by atoms with E-state index in [1.54, 1.807) is 0 Å². The average molecular weight is 946 g/mol. The van der Waals surface area contributed by atoms with Gasteiger partial charge in [-0.15, -0.1) is 0 Å². The highest BCUT2D eigenvalue weighted by molar-refractivity contribution is 5.71. The third-order valence-corrected chi connectivity index (χ3v) is 11.8. The van der Waals surface area contributed by atoms with E-state index in [0.29, 0.717) is 19.3 Å². The Morgan fingerprint density at radius 1 is 0.309 bits per heavy atom. The van der Waals surface area contributed by atoms with Crippen molar-refractivity contribution < 1.29 is 28.6 Å². The Hall–Kier alpha value is -3.67. The van der Waals surface area contributed by atoms with E-state index in [0.717, 1.165) is 70.6 Å². The molecule has 0 aliphatic heterocycles. The van der Waals surface area contributed by atoms with Crippen molar-refractivity contribution in [2.75, 3.05) is 13.2 Å². The highest BCUT2D eigenvalue weighted by Gasteiger charge is 2.19. The summed E-state index contributed by atoms with van der Waals surface area (Å²) in [6.45, 7) is 6.41. The molecule has 0 aliphatic carbocycles. The molecule has 0 amide bonds. The zero-order valence-electron chi connectivity index (χ0n) is 44.3. The molecule has 0 fully saturated rings. The van der Waals surface area contributed by atoms with Gasteiger partial charge >= 0.3 is 17.9 Å². The van der Waals surface area contributed by atoms with Gasteiger partial charge in [-0.25, -0.2) is 0 Å². The van der Waals surface area contributed by atoms with Gasteiger partial charge in [0.15, 0.2) is 6.10 Å². The fraction of sp³-hybridized carbons (Fsp3) is 0.694. The van der Waals surface area contributed by atoms with Crippen LogP contribution in [0.15, 0.2) is 97.2 Å². The number of carbonyl (C=O) groups is 3. The Kier molecular flexibility index (Phi) is 52.9. The van der Waals surface area contributed by atoms with E-state index >= 15 is 0 Å². The molecule has 0 bridgehead atoms. The molecule has 6 nitrogen and oxygen atoms in total. The van der Waals surface area contributed by atoms with Gasteiger partial charge in [-0.2, -0.15) is 0 Å². The summed E-state index contributed by atoms with van der Waals surface area (Å²) in [6.07, 6.45) is 74.2. The van der Waals surface area contributed by atoms with Gasteiger partial charge in [-0.1, -0.05) is 259 Å². The zero-order valence-corrected chi connectivity index (χ0v) is 44.3. The first-order chi connectivity index (χ1) is 33.5. The van der Waals surface area contributed by atoms with Crippen molar-refractivity contribution in [3.05, 3.63) is 97.2 Å². The summed E-state index contributed by atoms with van der Waals surface area (Å²) in [5.41, 5.74) is 0. The second kappa shape index (κ2) is 55.9. The van der Waals surface area contributed by atoms with Crippen molar-refractivity contribution >= 4 is 17.9 Å². The molecule has 0 aromatic heterocycles. The van der Waals surface area contributed by atoms with Crippen LogP contribution in [0.1, 0.15) is 258 Å². The Morgan fingerprint density at radius 2 is 0.603 bits per heavy atom. The summed E-state index contributed by atoms with van der Waals surface area (Å²) in [4.78, 5) is 38.0. The quantitative estimate of drug-likeness (QED) is 0.0262. The van der Waals surface area contributed by atoms with Crippen molar-refractivity contribution in [2.45, 2.75) is 264 Å². The first-order valence-corrected chi connectivity index (χ1v) is 28.2. The van der Waals surface area contributed by atoms with Crippen molar-refractivity contribution in [3.8, 4) is 0 Å². The van der Waals surface area contributed by atoms with Gasteiger partial charge in [0.05, 0.1) is 0 Å². The molecular formula is C62H104O6. The number of allylic oxidation sites excluding steroid dienone is 16. The topological polar surface area (TPSA) is 78.9 Å². The average Bonchev–Trinajstić information content (AvgIpc) is 3.34. The van der Waals surface area contributed by atoms with Crippen LogP contribution in [-0.4, -0.2) is 37.2 Å². The van der Waals surface area contributed by atoms with Gasteiger partial charge in [0.1, 0.15) is 13.2 Å². The minimum atomic E-state index is -0.829. The van der Waals surface area contributed by atoms with Gasteiger partial charge < -0.3 is 14.2 Å². The summed E-state index contributed by atoms with van der Waals surface area (Å²) in [5.74, 6) is -1.07. The van der Waals surface area contributed by atoms with Crippen LogP contribution in [0.2, 0.25) is 0 Å². The second-order valence-corrected chi connectivity index (χ2v) is 18.5. The molecule has 1 unspecified atom stereocenters. The third-order valence-electron chi connectivity index (χ3n) is 11.8. The van der Waals surface area contributed by atoms with Crippen LogP contribution in [0.4, 0.5) is 0 Å². The number of hydrogen-bond donors (Lipinski definition) is 0. The molecule has 388 valence electrons. The molecule has 0 aromatic rings. The van der Waals surface area contributed by atoms with Crippen LogP contribution in [0, 0.1) is 0 Å². The summed E-state index contributed by atoms with van der Waals surface area (Å²) >= 11 is 0.